The lowest BCUT2D eigenvalue weighted by atomic mass is 10.2. The Morgan fingerprint density at radius 3 is 1.53 bits per heavy atom. The van der Waals surface area contributed by atoms with E-state index in [1.807, 2.05) is 0 Å². The molecular formula is C11H26O4. The summed E-state index contributed by atoms with van der Waals surface area (Å²) >= 11 is 0. The smallest absolute Gasteiger partial charge is 0.151 e. The number of unbranched alkanes of at least 4 members (excludes halogenated alkanes) is 2. The Morgan fingerprint density at radius 2 is 1.33 bits per heavy atom. The van der Waals surface area contributed by atoms with Gasteiger partial charge in [-0.05, 0) is 33.1 Å². The maximum absolute atomic E-state index is 8.56. The van der Waals surface area contributed by atoms with E-state index in [0.717, 1.165) is 19.3 Å². The van der Waals surface area contributed by atoms with E-state index in [9.17, 15) is 0 Å². The first-order valence-electron chi connectivity index (χ1n) is 5.62. The van der Waals surface area contributed by atoms with Crippen LogP contribution in [0.15, 0.2) is 0 Å². The van der Waals surface area contributed by atoms with Gasteiger partial charge in [0.15, 0.2) is 6.29 Å². The summed E-state index contributed by atoms with van der Waals surface area (Å²) in [6, 6.07) is 0. The molecule has 4 heteroatoms. The zero-order valence-corrected chi connectivity index (χ0v) is 10.1. The number of aliphatic hydroxyl groups excluding tert-OH is 3. The fourth-order valence-corrected chi connectivity index (χ4v) is 1.07. The van der Waals surface area contributed by atoms with Gasteiger partial charge < -0.3 is 20.4 Å². The van der Waals surface area contributed by atoms with Crippen LogP contribution >= 0.6 is 0 Å². The Hall–Kier alpha value is -0.160. The molecule has 0 saturated heterocycles. The molecular weight excluding hydrogens is 196 g/mol. The van der Waals surface area contributed by atoms with Crippen LogP contribution in [0.5, 0.6) is 0 Å². The fraction of sp³-hybridized carbons (Fsp3) is 1.00. The van der Waals surface area contributed by atoms with Crippen molar-refractivity contribution in [2.75, 3.05) is 0 Å². The van der Waals surface area contributed by atoms with Crippen LogP contribution < -0.4 is 0 Å². The fourth-order valence-electron chi connectivity index (χ4n) is 1.07. The van der Waals surface area contributed by atoms with Gasteiger partial charge in [-0.1, -0.05) is 19.8 Å². The summed E-state index contributed by atoms with van der Waals surface area (Å²) in [6.07, 6.45) is 2.30. The summed E-state index contributed by atoms with van der Waals surface area (Å²) < 4.78 is 0. The van der Waals surface area contributed by atoms with Crippen molar-refractivity contribution >= 4 is 0 Å². The van der Waals surface area contributed by atoms with Gasteiger partial charge in [0.05, 0.1) is 12.2 Å². The van der Waals surface area contributed by atoms with Crippen molar-refractivity contribution in [3.8, 4) is 0 Å². The van der Waals surface area contributed by atoms with Crippen LogP contribution in [0.4, 0.5) is 0 Å². The van der Waals surface area contributed by atoms with Crippen molar-refractivity contribution in [3.63, 3.8) is 0 Å². The van der Waals surface area contributed by atoms with E-state index >= 15 is 0 Å². The van der Waals surface area contributed by atoms with E-state index in [4.69, 9.17) is 20.4 Å². The topological polar surface area (TPSA) is 80.9 Å². The van der Waals surface area contributed by atoms with Crippen molar-refractivity contribution in [2.24, 2.45) is 0 Å². The van der Waals surface area contributed by atoms with Gasteiger partial charge in [0, 0.05) is 0 Å². The number of hydrogen-bond donors (Lipinski definition) is 4. The molecule has 4 nitrogen and oxygen atoms in total. The molecule has 2 atom stereocenters. The van der Waals surface area contributed by atoms with Crippen LogP contribution in [0, 0.1) is 0 Å². The summed E-state index contributed by atoms with van der Waals surface area (Å²) in [5, 5.41) is 33.8. The van der Waals surface area contributed by atoms with Gasteiger partial charge in [0.1, 0.15) is 0 Å². The van der Waals surface area contributed by atoms with Crippen LogP contribution in [-0.4, -0.2) is 38.9 Å². The molecule has 0 amide bonds. The Bertz CT molecular complexity index is 107. The molecule has 0 fully saturated rings. The zero-order chi connectivity index (χ0) is 12.3. The molecule has 0 aliphatic carbocycles. The quantitative estimate of drug-likeness (QED) is 0.399. The Balaban J connectivity index is 0. The maximum atomic E-state index is 8.56. The monoisotopic (exact) mass is 222 g/mol. The standard InChI is InChI=1S/C6H14O2.C5H12O2/c1-2-3-4-5-6(7)8;1-4(6)3-5(2)7/h6-8H,2-5H2,1H3;4-7H,3H2,1-2H3. The SMILES string of the molecule is CC(O)CC(C)O.CCCCCC(O)O. The molecule has 2 unspecified atom stereocenters. The second-order valence-electron chi connectivity index (χ2n) is 3.91. The third-order valence-corrected chi connectivity index (χ3v) is 1.75. The maximum Gasteiger partial charge on any atom is 0.151 e. The Labute approximate surface area is 92.6 Å². The summed E-state index contributed by atoms with van der Waals surface area (Å²) in [4.78, 5) is 0. The summed E-state index contributed by atoms with van der Waals surface area (Å²) in [7, 11) is 0. The molecule has 15 heavy (non-hydrogen) atoms. The van der Waals surface area contributed by atoms with Crippen LogP contribution in [0.25, 0.3) is 0 Å². The number of rotatable bonds is 6. The molecule has 0 aromatic carbocycles. The second-order valence-corrected chi connectivity index (χ2v) is 3.91. The normalized spacial score (nSPS) is 14.4. The van der Waals surface area contributed by atoms with E-state index in [1.54, 1.807) is 13.8 Å². The number of hydrogen-bond acceptors (Lipinski definition) is 4. The molecule has 0 bridgehead atoms. The molecule has 0 saturated carbocycles. The highest BCUT2D eigenvalue weighted by Gasteiger charge is 1.98. The van der Waals surface area contributed by atoms with Gasteiger partial charge in [0.2, 0.25) is 0 Å². The molecule has 0 rings (SSSR count). The third-order valence-electron chi connectivity index (χ3n) is 1.75. The number of aliphatic hydroxyl groups is 4. The van der Waals surface area contributed by atoms with Crippen molar-refractivity contribution < 1.29 is 20.4 Å². The van der Waals surface area contributed by atoms with Crippen molar-refractivity contribution in [3.05, 3.63) is 0 Å². The van der Waals surface area contributed by atoms with Crippen molar-refractivity contribution in [1.29, 1.82) is 0 Å². The van der Waals surface area contributed by atoms with Gasteiger partial charge in [-0.15, -0.1) is 0 Å². The van der Waals surface area contributed by atoms with E-state index in [2.05, 4.69) is 6.92 Å². The van der Waals surface area contributed by atoms with Crippen LogP contribution in [-0.2, 0) is 0 Å². The van der Waals surface area contributed by atoms with Crippen LogP contribution in [0.3, 0.4) is 0 Å². The molecule has 0 aliphatic rings. The molecule has 4 N–H and O–H groups in total. The highest BCUT2D eigenvalue weighted by atomic mass is 16.5. The lowest BCUT2D eigenvalue weighted by molar-refractivity contribution is -0.0465. The molecule has 0 spiro atoms. The van der Waals surface area contributed by atoms with Gasteiger partial charge in [-0.3, -0.25) is 0 Å². The second kappa shape index (κ2) is 11.9. The van der Waals surface area contributed by atoms with E-state index in [1.165, 1.54) is 0 Å². The minimum Gasteiger partial charge on any atom is -0.393 e. The van der Waals surface area contributed by atoms with Crippen LogP contribution in [0.1, 0.15) is 52.9 Å². The van der Waals surface area contributed by atoms with Crippen molar-refractivity contribution in [2.45, 2.75) is 71.4 Å². The first-order valence-corrected chi connectivity index (χ1v) is 5.62. The molecule has 0 aromatic heterocycles. The minimum atomic E-state index is -1.10. The van der Waals surface area contributed by atoms with Gasteiger partial charge in [0.25, 0.3) is 0 Å². The van der Waals surface area contributed by atoms with Gasteiger partial charge in [-0.25, -0.2) is 0 Å². The predicted octanol–water partition coefficient (Wildman–Crippen LogP) is 1.02. The van der Waals surface area contributed by atoms with Crippen molar-refractivity contribution in [1.82, 2.24) is 0 Å². The predicted molar refractivity (Wildman–Crippen MR) is 60.3 cm³/mol. The highest BCUT2D eigenvalue weighted by Crippen LogP contribution is 1.99. The lowest BCUT2D eigenvalue weighted by Gasteiger charge is -2.04. The average Bonchev–Trinajstić information content (AvgIpc) is 2.02. The molecule has 0 aromatic rings. The summed E-state index contributed by atoms with van der Waals surface area (Å²) in [5.74, 6) is 0. The Kier molecular flexibility index (Phi) is 13.7. The van der Waals surface area contributed by atoms with Gasteiger partial charge in [-0.2, -0.15) is 0 Å². The molecule has 0 radical (unpaired) electrons. The first-order chi connectivity index (χ1) is 6.90. The summed E-state index contributed by atoms with van der Waals surface area (Å²) in [6.45, 7) is 5.41. The third kappa shape index (κ3) is 24.8. The molecule has 94 valence electrons. The van der Waals surface area contributed by atoms with E-state index in [0.29, 0.717) is 12.8 Å². The molecule has 0 heterocycles. The summed E-state index contributed by atoms with van der Waals surface area (Å²) in [5.41, 5.74) is 0. The minimum absolute atomic E-state index is 0.375. The van der Waals surface area contributed by atoms with E-state index < -0.39 is 6.29 Å². The van der Waals surface area contributed by atoms with Gasteiger partial charge >= 0.3 is 0 Å². The zero-order valence-electron chi connectivity index (χ0n) is 10.1. The lowest BCUT2D eigenvalue weighted by Crippen LogP contribution is -2.10. The first kappa shape index (κ1) is 17.2. The molecule has 0 aliphatic heterocycles. The largest absolute Gasteiger partial charge is 0.393 e. The average molecular weight is 222 g/mol. The van der Waals surface area contributed by atoms with Crippen LogP contribution in [0.2, 0.25) is 0 Å². The van der Waals surface area contributed by atoms with E-state index in [-0.39, 0.29) is 12.2 Å². The highest BCUT2D eigenvalue weighted by molar-refractivity contribution is 4.51. The Morgan fingerprint density at radius 1 is 0.867 bits per heavy atom.